The highest BCUT2D eigenvalue weighted by molar-refractivity contribution is 6.09. The normalized spacial score (nSPS) is 16.2. The SMILES string of the molecule is O=C(c1ccc(OCc2ccccc2)cc1)c1ccc(O[C@H]2CCCCO2)cc1. The van der Waals surface area contributed by atoms with E-state index >= 15 is 0 Å². The smallest absolute Gasteiger partial charge is 0.199 e. The van der Waals surface area contributed by atoms with Crippen LogP contribution in [0.4, 0.5) is 0 Å². The molecular formula is C25H24O4. The Balaban J connectivity index is 1.34. The molecule has 1 heterocycles. The molecule has 0 N–H and O–H groups in total. The molecule has 0 amide bonds. The Morgan fingerprint density at radius 1 is 0.828 bits per heavy atom. The molecular weight excluding hydrogens is 364 g/mol. The van der Waals surface area contributed by atoms with Crippen molar-refractivity contribution in [3.63, 3.8) is 0 Å². The number of hydrogen-bond donors (Lipinski definition) is 0. The van der Waals surface area contributed by atoms with Crippen LogP contribution in [0.15, 0.2) is 78.9 Å². The quantitative estimate of drug-likeness (QED) is 0.508. The van der Waals surface area contributed by atoms with Gasteiger partial charge in [-0.1, -0.05) is 30.3 Å². The molecule has 1 atom stereocenters. The molecule has 1 fully saturated rings. The van der Waals surface area contributed by atoms with Crippen molar-refractivity contribution in [1.29, 1.82) is 0 Å². The lowest BCUT2D eigenvalue weighted by molar-refractivity contribution is -0.105. The van der Waals surface area contributed by atoms with Gasteiger partial charge in [-0.25, -0.2) is 0 Å². The van der Waals surface area contributed by atoms with Crippen molar-refractivity contribution in [3.8, 4) is 11.5 Å². The molecule has 148 valence electrons. The topological polar surface area (TPSA) is 44.8 Å². The predicted octanol–water partition coefficient (Wildman–Crippen LogP) is 5.40. The minimum Gasteiger partial charge on any atom is -0.489 e. The second-order valence-corrected chi connectivity index (χ2v) is 7.07. The summed E-state index contributed by atoms with van der Waals surface area (Å²) < 4.78 is 17.2. The van der Waals surface area contributed by atoms with Gasteiger partial charge in [-0.15, -0.1) is 0 Å². The first kappa shape index (κ1) is 19.2. The molecule has 3 aromatic rings. The fourth-order valence-corrected chi connectivity index (χ4v) is 3.25. The van der Waals surface area contributed by atoms with Gasteiger partial charge in [0.25, 0.3) is 0 Å². The lowest BCUT2D eigenvalue weighted by Gasteiger charge is -2.23. The van der Waals surface area contributed by atoms with Gasteiger partial charge >= 0.3 is 0 Å². The Hall–Kier alpha value is -3.11. The Kier molecular flexibility index (Phi) is 6.22. The Morgan fingerprint density at radius 3 is 2.10 bits per heavy atom. The van der Waals surface area contributed by atoms with Gasteiger partial charge in [0.05, 0.1) is 6.61 Å². The van der Waals surface area contributed by atoms with Crippen molar-refractivity contribution in [2.45, 2.75) is 32.2 Å². The van der Waals surface area contributed by atoms with E-state index in [1.54, 1.807) is 24.3 Å². The fourth-order valence-electron chi connectivity index (χ4n) is 3.25. The Labute approximate surface area is 171 Å². The minimum absolute atomic E-state index is 0.0277. The van der Waals surface area contributed by atoms with Crippen molar-refractivity contribution in [1.82, 2.24) is 0 Å². The molecule has 4 heteroatoms. The summed E-state index contributed by atoms with van der Waals surface area (Å²) in [5, 5.41) is 0. The molecule has 1 aliphatic rings. The van der Waals surface area contributed by atoms with Crippen molar-refractivity contribution < 1.29 is 19.0 Å². The van der Waals surface area contributed by atoms with Crippen LogP contribution in [0.1, 0.15) is 40.7 Å². The van der Waals surface area contributed by atoms with Crippen molar-refractivity contribution >= 4 is 5.78 Å². The minimum atomic E-state index is -0.186. The van der Waals surface area contributed by atoms with Crippen LogP contribution in [0.3, 0.4) is 0 Å². The second-order valence-electron chi connectivity index (χ2n) is 7.07. The van der Waals surface area contributed by atoms with E-state index in [1.807, 2.05) is 54.6 Å². The first-order chi connectivity index (χ1) is 14.3. The van der Waals surface area contributed by atoms with Gasteiger partial charge in [-0.2, -0.15) is 0 Å². The maximum absolute atomic E-state index is 12.7. The van der Waals surface area contributed by atoms with E-state index in [0.717, 1.165) is 42.9 Å². The molecule has 1 saturated heterocycles. The summed E-state index contributed by atoms with van der Waals surface area (Å²) in [6, 6.07) is 24.5. The van der Waals surface area contributed by atoms with Gasteiger partial charge in [0.1, 0.15) is 18.1 Å². The monoisotopic (exact) mass is 388 g/mol. The number of ether oxygens (including phenoxy) is 3. The second kappa shape index (κ2) is 9.39. The van der Waals surface area contributed by atoms with Crippen LogP contribution in [-0.2, 0) is 11.3 Å². The third-order valence-corrected chi connectivity index (χ3v) is 4.89. The molecule has 0 radical (unpaired) electrons. The van der Waals surface area contributed by atoms with Crippen LogP contribution in [0.5, 0.6) is 11.5 Å². The summed E-state index contributed by atoms with van der Waals surface area (Å²) in [6.07, 6.45) is 2.92. The lowest BCUT2D eigenvalue weighted by Crippen LogP contribution is -2.24. The van der Waals surface area contributed by atoms with Crippen LogP contribution < -0.4 is 9.47 Å². The van der Waals surface area contributed by atoms with Gasteiger partial charge in [0, 0.05) is 17.5 Å². The molecule has 0 aliphatic carbocycles. The van der Waals surface area contributed by atoms with Crippen LogP contribution >= 0.6 is 0 Å². The Morgan fingerprint density at radius 2 is 1.48 bits per heavy atom. The first-order valence-electron chi connectivity index (χ1n) is 9.98. The number of hydrogen-bond acceptors (Lipinski definition) is 4. The summed E-state index contributed by atoms with van der Waals surface area (Å²) in [5.74, 6) is 1.43. The number of carbonyl (C=O) groups is 1. The average Bonchev–Trinajstić information content (AvgIpc) is 2.79. The number of rotatable bonds is 7. The van der Waals surface area contributed by atoms with Crippen molar-refractivity contribution in [2.75, 3.05) is 6.61 Å². The van der Waals surface area contributed by atoms with Crippen LogP contribution in [-0.4, -0.2) is 18.7 Å². The summed E-state index contributed by atoms with van der Waals surface area (Å²) >= 11 is 0. The maximum atomic E-state index is 12.7. The van der Waals surface area contributed by atoms with Crippen molar-refractivity contribution in [3.05, 3.63) is 95.6 Å². The molecule has 3 aromatic carbocycles. The van der Waals surface area contributed by atoms with E-state index in [1.165, 1.54) is 0 Å². The highest BCUT2D eigenvalue weighted by atomic mass is 16.7. The first-order valence-corrected chi connectivity index (χ1v) is 9.98. The van der Waals surface area contributed by atoms with Gasteiger partial charge in [0.2, 0.25) is 0 Å². The zero-order chi connectivity index (χ0) is 19.9. The molecule has 0 aromatic heterocycles. The molecule has 0 saturated carbocycles. The molecule has 29 heavy (non-hydrogen) atoms. The van der Waals surface area contributed by atoms with E-state index < -0.39 is 0 Å². The highest BCUT2D eigenvalue weighted by Crippen LogP contribution is 2.21. The zero-order valence-corrected chi connectivity index (χ0v) is 16.3. The summed E-state index contributed by atoms with van der Waals surface area (Å²) in [4.78, 5) is 12.7. The van der Waals surface area contributed by atoms with E-state index in [4.69, 9.17) is 14.2 Å². The highest BCUT2D eigenvalue weighted by Gasteiger charge is 2.16. The largest absolute Gasteiger partial charge is 0.489 e. The summed E-state index contributed by atoms with van der Waals surface area (Å²) in [5.41, 5.74) is 2.36. The molecule has 4 rings (SSSR count). The van der Waals surface area contributed by atoms with E-state index in [9.17, 15) is 4.79 Å². The fraction of sp³-hybridized carbons (Fsp3) is 0.240. The molecule has 4 nitrogen and oxygen atoms in total. The lowest BCUT2D eigenvalue weighted by atomic mass is 10.0. The Bertz CT molecular complexity index is 911. The standard InChI is InChI=1S/C25H24O4/c26-25(21-11-15-23(16-12-21)29-24-8-4-5-17-27-24)20-9-13-22(14-10-20)28-18-19-6-2-1-3-7-19/h1-3,6-7,9-16,24H,4-5,8,17-18H2/t24-/m0/s1. The van der Waals surface area contributed by atoms with E-state index in [-0.39, 0.29) is 12.1 Å². The number of benzene rings is 3. The molecule has 0 bridgehead atoms. The van der Waals surface area contributed by atoms with Crippen LogP contribution in [0.2, 0.25) is 0 Å². The van der Waals surface area contributed by atoms with E-state index in [0.29, 0.717) is 17.7 Å². The van der Waals surface area contributed by atoms with Gasteiger partial charge in [-0.3, -0.25) is 4.79 Å². The van der Waals surface area contributed by atoms with Crippen molar-refractivity contribution in [2.24, 2.45) is 0 Å². The summed E-state index contributed by atoms with van der Waals surface area (Å²) in [7, 11) is 0. The third kappa shape index (κ3) is 5.24. The summed E-state index contributed by atoms with van der Waals surface area (Å²) in [6.45, 7) is 1.24. The van der Waals surface area contributed by atoms with Gasteiger partial charge in [0.15, 0.2) is 12.1 Å². The molecule has 0 spiro atoms. The average molecular weight is 388 g/mol. The number of carbonyl (C=O) groups excluding carboxylic acids is 1. The maximum Gasteiger partial charge on any atom is 0.199 e. The molecule has 1 aliphatic heterocycles. The van der Waals surface area contributed by atoms with Crippen LogP contribution in [0.25, 0.3) is 0 Å². The predicted molar refractivity (Wildman–Crippen MR) is 111 cm³/mol. The number of ketones is 1. The van der Waals surface area contributed by atoms with Crippen LogP contribution in [0, 0.1) is 0 Å². The third-order valence-electron chi connectivity index (χ3n) is 4.89. The van der Waals surface area contributed by atoms with Gasteiger partial charge in [-0.05, 0) is 66.9 Å². The zero-order valence-electron chi connectivity index (χ0n) is 16.3. The van der Waals surface area contributed by atoms with E-state index in [2.05, 4.69) is 0 Å². The van der Waals surface area contributed by atoms with Gasteiger partial charge < -0.3 is 14.2 Å². The molecule has 0 unspecified atom stereocenters.